The van der Waals surface area contributed by atoms with Crippen LogP contribution in [0.2, 0.25) is 5.02 Å². The number of thiazole rings is 1. The van der Waals surface area contributed by atoms with Crippen LogP contribution in [-0.2, 0) is 0 Å². The quantitative estimate of drug-likeness (QED) is 0.758. The van der Waals surface area contributed by atoms with Crippen LogP contribution in [0.5, 0.6) is 5.75 Å². The van der Waals surface area contributed by atoms with E-state index in [0.717, 1.165) is 0 Å². The molecule has 1 aromatic carbocycles. The maximum absolute atomic E-state index is 12.0. The summed E-state index contributed by atoms with van der Waals surface area (Å²) in [5.74, 6) is 5.10. The second kappa shape index (κ2) is 7.09. The third-order valence-electron chi connectivity index (χ3n) is 2.37. The molecule has 0 unspecified atom stereocenters. The van der Waals surface area contributed by atoms with E-state index in [1.807, 2.05) is 0 Å². The number of hydrogen-bond donors (Lipinski definition) is 3. The molecule has 1 heterocycles. The number of phenolic OH excluding ortho intramolecular Hbond substituents is 1. The number of carbonyl (C=O) groups excluding carboxylic acids is 1. The van der Waals surface area contributed by atoms with Crippen LogP contribution in [-0.4, -0.2) is 27.7 Å². The molecule has 0 aliphatic carbocycles. The molecule has 0 saturated heterocycles. The predicted octanol–water partition coefficient (Wildman–Crippen LogP) is 2.49. The second-order valence-electron chi connectivity index (χ2n) is 3.92. The zero-order valence-corrected chi connectivity index (χ0v) is 12.3. The van der Waals surface area contributed by atoms with Gasteiger partial charge in [0.2, 0.25) is 0 Å². The molecule has 0 spiro atoms. The van der Waals surface area contributed by atoms with E-state index >= 15 is 0 Å². The molecule has 0 saturated carbocycles. The monoisotopic (exact) mass is 322 g/mol. The van der Waals surface area contributed by atoms with Crippen molar-refractivity contribution in [3.8, 4) is 17.6 Å². The van der Waals surface area contributed by atoms with Crippen LogP contribution >= 0.6 is 22.9 Å². The lowest BCUT2D eigenvalue weighted by Crippen LogP contribution is -2.12. The molecule has 2 aromatic rings. The topological polar surface area (TPSA) is 82.5 Å². The number of aromatic hydroxyl groups is 1. The van der Waals surface area contributed by atoms with Gasteiger partial charge in [-0.1, -0.05) is 34.8 Å². The van der Waals surface area contributed by atoms with Crippen molar-refractivity contribution in [2.75, 3.05) is 11.9 Å². The van der Waals surface area contributed by atoms with Crippen LogP contribution in [0, 0.1) is 11.8 Å². The van der Waals surface area contributed by atoms with Crippen LogP contribution in [0.3, 0.4) is 0 Å². The fourth-order valence-corrected chi connectivity index (χ4v) is 2.34. The Morgan fingerprint density at radius 3 is 3.05 bits per heavy atom. The van der Waals surface area contributed by atoms with Crippen LogP contribution in [0.15, 0.2) is 24.4 Å². The average molecular weight is 323 g/mol. The second-order valence-corrected chi connectivity index (χ2v) is 5.36. The van der Waals surface area contributed by atoms with Crippen molar-refractivity contribution in [2.24, 2.45) is 0 Å². The van der Waals surface area contributed by atoms with Crippen LogP contribution in [0.25, 0.3) is 0 Å². The Balaban J connectivity index is 2.10. The van der Waals surface area contributed by atoms with E-state index in [9.17, 15) is 9.90 Å². The molecule has 3 N–H and O–H groups in total. The summed E-state index contributed by atoms with van der Waals surface area (Å²) < 4.78 is 0. The summed E-state index contributed by atoms with van der Waals surface area (Å²) in [6, 6.07) is 4.13. The molecule has 0 aliphatic heterocycles. The van der Waals surface area contributed by atoms with Gasteiger partial charge >= 0.3 is 0 Å². The molecular formula is C14H11ClN2O3S. The molecule has 0 radical (unpaired) electrons. The fraction of sp³-hybridized carbons (Fsp3) is 0.143. The van der Waals surface area contributed by atoms with Gasteiger partial charge in [0.25, 0.3) is 5.91 Å². The van der Waals surface area contributed by atoms with Crippen LogP contribution < -0.4 is 5.32 Å². The molecule has 1 aromatic heterocycles. The molecule has 0 fully saturated rings. The zero-order chi connectivity index (χ0) is 15.2. The van der Waals surface area contributed by atoms with Gasteiger partial charge in [0.15, 0.2) is 5.13 Å². The fourth-order valence-electron chi connectivity index (χ4n) is 1.45. The lowest BCUT2D eigenvalue weighted by molar-refractivity contribution is 0.102. The Bertz CT molecular complexity index is 718. The van der Waals surface area contributed by atoms with Gasteiger partial charge in [-0.15, -0.1) is 0 Å². The minimum absolute atomic E-state index is 0.00535. The van der Waals surface area contributed by atoms with Crippen molar-refractivity contribution in [2.45, 2.75) is 6.42 Å². The van der Waals surface area contributed by atoms with Gasteiger partial charge in [-0.25, -0.2) is 4.98 Å². The number of aliphatic hydroxyl groups excluding tert-OH is 1. The lowest BCUT2D eigenvalue weighted by Gasteiger charge is -2.04. The van der Waals surface area contributed by atoms with Crippen molar-refractivity contribution >= 4 is 34.0 Å². The van der Waals surface area contributed by atoms with Crippen molar-refractivity contribution < 1.29 is 15.0 Å². The van der Waals surface area contributed by atoms with Crippen molar-refractivity contribution in [3.63, 3.8) is 0 Å². The Hall–Kier alpha value is -2.07. The SMILES string of the molecule is O=C(Nc1ncc(C#CCCO)s1)c1cc(O)ccc1Cl. The first kappa shape index (κ1) is 15.3. The number of benzene rings is 1. The number of anilines is 1. The summed E-state index contributed by atoms with van der Waals surface area (Å²) in [7, 11) is 0. The van der Waals surface area contributed by atoms with Crippen LogP contribution in [0.4, 0.5) is 5.13 Å². The van der Waals surface area contributed by atoms with Crippen molar-refractivity contribution in [1.82, 2.24) is 4.98 Å². The number of hydrogen-bond acceptors (Lipinski definition) is 5. The number of nitrogens with one attached hydrogen (secondary N) is 1. The summed E-state index contributed by atoms with van der Waals surface area (Å²) >= 11 is 7.12. The third-order valence-corrected chi connectivity index (χ3v) is 3.53. The number of carbonyl (C=O) groups is 1. The molecule has 21 heavy (non-hydrogen) atoms. The van der Waals surface area contributed by atoms with Crippen molar-refractivity contribution in [3.05, 3.63) is 39.9 Å². The van der Waals surface area contributed by atoms with Gasteiger partial charge in [-0.2, -0.15) is 0 Å². The highest BCUT2D eigenvalue weighted by Crippen LogP contribution is 2.23. The van der Waals surface area contributed by atoms with Gasteiger partial charge in [0.1, 0.15) is 5.75 Å². The number of rotatable bonds is 3. The van der Waals surface area contributed by atoms with E-state index in [0.29, 0.717) is 16.4 Å². The molecule has 0 atom stereocenters. The normalized spacial score (nSPS) is 9.81. The summed E-state index contributed by atoms with van der Waals surface area (Å²) in [6.45, 7) is 0.00535. The number of phenols is 1. The summed E-state index contributed by atoms with van der Waals surface area (Å²) in [6.07, 6.45) is 1.92. The summed E-state index contributed by atoms with van der Waals surface area (Å²) in [4.78, 5) is 16.8. The maximum Gasteiger partial charge on any atom is 0.259 e. The minimum atomic E-state index is -0.458. The first-order valence-corrected chi connectivity index (χ1v) is 7.15. The largest absolute Gasteiger partial charge is 0.508 e. The van der Waals surface area contributed by atoms with Gasteiger partial charge in [0.05, 0.1) is 28.3 Å². The Morgan fingerprint density at radius 1 is 1.48 bits per heavy atom. The minimum Gasteiger partial charge on any atom is -0.508 e. The Morgan fingerprint density at radius 2 is 2.29 bits per heavy atom. The predicted molar refractivity (Wildman–Crippen MR) is 81.8 cm³/mol. The maximum atomic E-state index is 12.0. The van der Waals surface area contributed by atoms with Crippen molar-refractivity contribution in [1.29, 1.82) is 0 Å². The van der Waals surface area contributed by atoms with E-state index in [4.69, 9.17) is 16.7 Å². The average Bonchev–Trinajstić information content (AvgIpc) is 2.89. The van der Waals surface area contributed by atoms with Gasteiger partial charge in [-0.3, -0.25) is 10.1 Å². The van der Waals surface area contributed by atoms with Gasteiger partial charge in [-0.05, 0) is 18.2 Å². The van der Waals surface area contributed by atoms with Crippen LogP contribution in [0.1, 0.15) is 21.7 Å². The number of aliphatic hydroxyl groups is 1. The lowest BCUT2D eigenvalue weighted by atomic mass is 10.2. The smallest absolute Gasteiger partial charge is 0.259 e. The first-order valence-electron chi connectivity index (χ1n) is 5.95. The molecule has 2 rings (SSSR count). The number of amides is 1. The number of halogens is 1. The van der Waals surface area contributed by atoms with E-state index in [1.54, 1.807) is 0 Å². The third kappa shape index (κ3) is 4.20. The molecular weight excluding hydrogens is 312 g/mol. The number of nitrogens with zero attached hydrogens (tertiary/aromatic N) is 1. The molecule has 0 bridgehead atoms. The molecule has 108 valence electrons. The Kier molecular flexibility index (Phi) is 5.17. The molecule has 7 heteroatoms. The summed E-state index contributed by atoms with van der Waals surface area (Å²) in [5.41, 5.74) is 0.166. The van der Waals surface area contributed by atoms with E-state index in [2.05, 4.69) is 22.1 Å². The zero-order valence-electron chi connectivity index (χ0n) is 10.8. The van der Waals surface area contributed by atoms with Gasteiger partial charge < -0.3 is 10.2 Å². The molecule has 0 aliphatic rings. The van der Waals surface area contributed by atoms with Gasteiger partial charge in [0, 0.05) is 6.42 Å². The standard InChI is InChI=1S/C14H11ClN2O3S/c15-12-5-4-9(19)7-11(12)13(20)17-14-16-8-10(21-14)3-1-2-6-18/h4-5,7-8,18-19H,2,6H2,(H,16,17,20). The molecule has 5 nitrogen and oxygen atoms in total. The highest BCUT2D eigenvalue weighted by Gasteiger charge is 2.13. The Labute approximate surface area is 130 Å². The van der Waals surface area contributed by atoms with E-state index in [1.165, 1.54) is 35.7 Å². The molecule has 1 amide bonds. The summed E-state index contributed by atoms with van der Waals surface area (Å²) in [5, 5.41) is 21.2. The highest BCUT2D eigenvalue weighted by molar-refractivity contribution is 7.16. The van der Waals surface area contributed by atoms with E-state index < -0.39 is 5.91 Å². The number of aromatic nitrogens is 1. The van der Waals surface area contributed by atoms with E-state index in [-0.39, 0.29) is 22.9 Å². The highest BCUT2D eigenvalue weighted by atomic mass is 35.5. The first-order chi connectivity index (χ1) is 10.1.